The number of hydrogen-bond donors (Lipinski definition) is 5. The van der Waals surface area contributed by atoms with Crippen molar-refractivity contribution in [1.82, 2.24) is 0 Å². The maximum Gasteiger partial charge on any atom is 0.338 e. The Balaban J connectivity index is 1.93. The Bertz CT molecular complexity index is 487. The third kappa shape index (κ3) is 3.49. The fourth-order valence-electron chi connectivity index (χ4n) is 1.91. The molecule has 1 aromatic rings. The number of aromatic hydroxyl groups is 1. The highest BCUT2D eigenvalue weighted by atomic mass is 16.6. The molecule has 2 rings (SSSR count). The highest BCUT2D eigenvalue weighted by Gasteiger charge is 2.43. The second-order valence-electron chi connectivity index (χ2n) is 4.68. The Morgan fingerprint density at radius 3 is 2.29 bits per heavy atom. The predicted molar refractivity (Wildman–Crippen MR) is 67.3 cm³/mol. The minimum atomic E-state index is -1.68. The van der Waals surface area contributed by atoms with Crippen molar-refractivity contribution in [1.29, 1.82) is 0 Å². The quantitative estimate of drug-likeness (QED) is 0.419. The van der Waals surface area contributed by atoms with Crippen LogP contribution in [-0.2, 0) is 9.47 Å². The van der Waals surface area contributed by atoms with Gasteiger partial charge in [0.1, 0.15) is 36.8 Å². The largest absolute Gasteiger partial charge is 0.508 e. The monoisotopic (exact) mass is 300 g/mol. The Kier molecular flexibility index (Phi) is 4.76. The lowest BCUT2D eigenvalue weighted by molar-refractivity contribution is -0.286. The number of phenolic OH excluding ortho intramolecular Hbond substituents is 1. The van der Waals surface area contributed by atoms with Gasteiger partial charge in [0.2, 0.25) is 0 Å². The lowest BCUT2D eigenvalue weighted by Gasteiger charge is -2.37. The van der Waals surface area contributed by atoms with Gasteiger partial charge in [-0.3, -0.25) is 0 Å². The molecule has 0 bridgehead atoms. The smallest absolute Gasteiger partial charge is 0.338 e. The molecular formula is C13H16O8. The van der Waals surface area contributed by atoms with E-state index in [4.69, 9.17) is 14.6 Å². The van der Waals surface area contributed by atoms with Crippen LogP contribution >= 0.6 is 0 Å². The number of carbonyl (C=O) groups excluding carboxylic acids is 1. The van der Waals surface area contributed by atoms with Crippen LogP contribution in [0.3, 0.4) is 0 Å². The van der Waals surface area contributed by atoms with Gasteiger partial charge in [-0.2, -0.15) is 0 Å². The van der Waals surface area contributed by atoms with E-state index >= 15 is 0 Å². The second-order valence-corrected chi connectivity index (χ2v) is 4.68. The van der Waals surface area contributed by atoms with Crippen LogP contribution in [0.4, 0.5) is 0 Å². The number of carbonyl (C=O) groups is 1. The minimum absolute atomic E-state index is 0.00202. The number of benzene rings is 1. The van der Waals surface area contributed by atoms with Crippen LogP contribution in [0, 0.1) is 0 Å². The number of aliphatic hydroxyl groups is 4. The Morgan fingerprint density at radius 1 is 1.05 bits per heavy atom. The molecule has 8 nitrogen and oxygen atoms in total. The summed E-state index contributed by atoms with van der Waals surface area (Å²) >= 11 is 0. The molecule has 0 saturated carbocycles. The number of esters is 1. The minimum Gasteiger partial charge on any atom is -0.508 e. The molecule has 5 atom stereocenters. The van der Waals surface area contributed by atoms with Crippen molar-refractivity contribution < 1.29 is 39.8 Å². The van der Waals surface area contributed by atoms with Gasteiger partial charge in [-0.05, 0) is 24.3 Å². The number of phenols is 1. The van der Waals surface area contributed by atoms with Crippen LogP contribution in [0.5, 0.6) is 5.75 Å². The molecule has 0 aromatic heterocycles. The average Bonchev–Trinajstić information content (AvgIpc) is 2.48. The number of aliphatic hydroxyl groups excluding tert-OH is 4. The first-order valence-electron chi connectivity index (χ1n) is 6.24. The van der Waals surface area contributed by atoms with E-state index in [0.717, 1.165) is 0 Å². The first kappa shape index (κ1) is 15.7. The van der Waals surface area contributed by atoms with Crippen LogP contribution in [0.1, 0.15) is 10.4 Å². The number of hydrogen-bond acceptors (Lipinski definition) is 8. The highest BCUT2D eigenvalue weighted by Crippen LogP contribution is 2.20. The summed E-state index contributed by atoms with van der Waals surface area (Å²) in [6.07, 6.45) is -7.59. The standard InChI is InChI=1S/C13H16O8/c14-7-3-1-6(2-4-7)12(18)20-5-8-9(15)10(16)11(17)13(19)21-8/h1-4,8-11,13-17,19H,5H2/t8-,9+,10-,11+,13+/m0/s1. The van der Waals surface area contributed by atoms with Crippen molar-refractivity contribution in [2.24, 2.45) is 0 Å². The first-order chi connectivity index (χ1) is 9.90. The Morgan fingerprint density at radius 2 is 1.67 bits per heavy atom. The van der Waals surface area contributed by atoms with Gasteiger partial charge in [0.25, 0.3) is 0 Å². The molecule has 116 valence electrons. The molecule has 0 amide bonds. The molecule has 21 heavy (non-hydrogen) atoms. The van der Waals surface area contributed by atoms with Crippen LogP contribution in [0.25, 0.3) is 0 Å². The third-order valence-corrected chi connectivity index (χ3v) is 3.17. The first-order valence-corrected chi connectivity index (χ1v) is 6.24. The van der Waals surface area contributed by atoms with Gasteiger partial charge in [-0.25, -0.2) is 4.79 Å². The summed E-state index contributed by atoms with van der Waals surface area (Å²) in [5.41, 5.74) is 0.180. The van der Waals surface area contributed by atoms with E-state index in [2.05, 4.69) is 0 Å². The molecule has 0 unspecified atom stereocenters. The lowest BCUT2D eigenvalue weighted by Crippen LogP contribution is -2.58. The molecule has 1 heterocycles. The average molecular weight is 300 g/mol. The zero-order chi connectivity index (χ0) is 15.6. The van der Waals surface area contributed by atoms with E-state index in [1.165, 1.54) is 24.3 Å². The maximum absolute atomic E-state index is 11.7. The summed E-state index contributed by atoms with van der Waals surface area (Å²) in [6, 6.07) is 5.32. The van der Waals surface area contributed by atoms with Gasteiger partial charge in [0, 0.05) is 0 Å². The van der Waals surface area contributed by atoms with E-state index in [0.29, 0.717) is 0 Å². The molecule has 5 N–H and O–H groups in total. The van der Waals surface area contributed by atoms with Crippen LogP contribution in [0.15, 0.2) is 24.3 Å². The second kappa shape index (κ2) is 6.37. The molecule has 1 aliphatic heterocycles. The van der Waals surface area contributed by atoms with E-state index in [1.807, 2.05) is 0 Å². The Labute approximate surface area is 119 Å². The molecule has 0 spiro atoms. The normalized spacial score (nSPS) is 32.7. The van der Waals surface area contributed by atoms with E-state index in [9.17, 15) is 25.2 Å². The van der Waals surface area contributed by atoms with Crippen LogP contribution in [-0.4, -0.2) is 68.8 Å². The summed E-state index contributed by atoms with van der Waals surface area (Å²) in [5, 5.41) is 46.9. The van der Waals surface area contributed by atoms with E-state index in [1.54, 1.807) is 0 Å². The van der Waals surface area contributed by atoms with Crippen molar-refractivity contribution in [3.8, 4) is 5.75 Å². The Hall–Kier alpha value is -1.71. The van der Waals surface area contributed by atoms with Crippen molar-refractivity contribution in [3.05, 3.63) is 29.8 Å². The fraction of sp³-hybridized carbons (Fsp3) is 0.462. The zero-order valence-corrected chi connectivity index (χ0v) is 10.9. The van der Waals surface area contributed by atoms with Gasteiger partial charge in [0.15, 0.2) is 6.29 Å². The van der Waals surface area contributed by atoms with Crippen LogP contribution in [0.2, 0.25) is 0 Å². The summed E-state index contributed by atoms with van der Waals surface area (Å²) in [6.45, 7) is -0.415. The van der Waals surface area contributed by atoms with E-state index < -0.39 is 43.3 Å². The summed E-state index contributed by atoms with van der Waals surface area (Å²) in [5.74, 6) is -0.723. The predicted octanol–water partition coefficient (Wildman–Crippen LogP) is -1.65. The summed E-state index contributed by atoms with van der Waals surface area (Å²) in [4.78, 5) is 11.7. The molecule has 8 heteroatoms. The zero-order valence-electron chi connectivity index (χ0n) is 10.9. The van der Waals surface area contributed by atoms with Crippen molar-refractivity contribution >= 4 is 5.97 Å². The van der Waals surface area contributed by atoms with Gasteiger partial charge in [-0.1, -0.05) is 0 Å². The molecule has 0 radical (unpaired) electrons. The van der Waals surface area contributed by atoms with Gasteiger partial charge < -0.3 is 35.0 Å². The topological polar surface area (TPSA) is 137 Å². The van der Waals surface area contributed by atoms with Gasteiger partial charge in [-0.15, -0.1) is 0 Å². The third-order valence-electron chi connectivity index (χ3n) is 3.17. The lowest BCUT2D eigenvalue weighted by atomic mass is 9.99. The molecule has 0 aliphatic carbocycles. The number of rotatable bonds is 3. The van der Waals surface area contributed by atoms with Crippen molar-refractivity contribution in [3.63, 3.8) is 0 Å². The van der Waals surface area contributed by atoms with Crippen molar-refractivity contribution in [2.75, 3.05) is 6.61 Å². The maximum atomic E-state index is 11.7. The van der Waals surface area contributed by atoms with Crippen molar-refractivity contribution in [2.45, 2.75) is 30.7 Å². The van der Waals surface area contributed by atoms with Crippen LogP contribution < -0.4 is 0 Å². The fourth-order valence-corrected chi connectivity index (χ4v) is 1.91. The van der Waals surface area contributed by atoms with Gasteiger partial charge in [0.05, 0.1) is 5.56 Å². The summed E-state index contributed by atoms with van der Waals surface area (Å²) in [7, 11) is 0. The number of ether oxygens (including phenoxy) is 2. The SMILES string of the molecule is O=C(OC[C@@H]1O[C@@H](O)[C@H](O)[C@@H](O)[C@@H]1O)c1ccc(O)cc1. The molecule has 1 aromatic carbocycles. The summed E-state index contributed by atoms with van der Waals surface area (Å²) < 4.78 is 9.77. The van der Waals surface area contributed by atoms with Gasteiger partial charge >= 0.3 is 5.97 Å². The molecule has 1 fully saturated rings. The molecule has 1 saturated heterocycles. The molecule has 1 aliphatic rings. The van der Waals surface area contributed by atoms with E-state index in [-0.39, 0.29) is 11.3 Å². The molecular weight excluding hydrogens is 284 g/mol. The highest BCUT2D eigenvalue weighted by molar-refractivity contribution is 5.89.